The number of benzene rings is 1. The minimum atomic E-state index is -0.975. The lowest BCUT2D eigenvalue weighted by Gasteiger charge is -2.04. The Morgan fingerprint density at radius 3 is 2.44 bits per heavy atom. The van der Waals surface area contributed by atoms with Crippen LogP contribution in [0.1, 0.15) is 35.8 Å². The van der Waals surface area contributed by atoms with Crippen LogP contribution in [0.5, 0.6) is 0 Å². The number of carbonyl (C=O) groups is 1. The Labute approximate surface area is 110 Å². The Morgan fingerprint density at radius 2 is 1.94 bits per heavy atom. The first-order valence-corrected chi connectivity index (χ1v) is 5.96. The minimum Gasteiger partial charge on any atom is -0.478 e. The van der Waals surface area contributed by atoms with Crippen LogP contribution in [-0.4, -0.2) is 21.3 Å². The number of halogens is 1. The average molecular weight is 265 g/mol. The van der Waals surface area contributed by atoms with Gasteiger partial charge in [0.25, 0.3) is 0 Å². The van der Waals surface area contributed by atoms with Gasteiger partial charge in [0.2, 0.25) is 0 Å². The number of H-pyrrole nitrogens is 1. The van der Waals surface area contributed by atoms with Crippen molar-refractivity contribution < 1.29 is 9.90 Å². The topological polar surface area (TPSA) is 66.0 Å². The van der Waals surface area contributed by atoms with Crippen LogP contribution in [0.15, 0.2) is 24.3 Å². The van der Waals surface area contributed by atoms with Crippen LogP contribution in [0.4, 0.5) is 0 Å². The largest absolute Gasteiger partial charge is 0.478 e. The third-order valence-corrected chi connectivity index (χ3v) is 2.96. The molecule has 1 aromatic carbocycles. The van der Waals surface area contributed by atoms with Crippen LogP contribution in [-0.2, 0) is 0 Å². The van der Waals surface area contributed by atoms with E-state index in [0.717, 1.165) is 5.56 Å². The van der Waals surface area contributed by atoms with Crippen LogP contribution in [0, 0.1) is 0 Å². The van der Waals surface area contributed by atoms with Crippen molar-refractivity contribution in [3.8, 4) is 11.3 Å². The van der Waals surface area contributed by atoms with Gasteiger partial charge in [-0.05, 0) is 18.1 Å². The van der Waals surface area contributed by atoms with E-state index in [2.05, 4.69) is 10.2 Å². The molecule has 0 bridgehead atoms. The van der Waals surface area contributed by atoms with E-state index in [1.807, 2.05) is 13.8 Å². The number of carboxylic acids is 1. The second-order valence-electron chi connectivity index (χ2n) is 4.33. The third-order valence-electron chi connectivity index (χ3n) is 2.70. The van der Waals surface area contributed by atoms with Gasteiger partial charge in [-0.2, -0.15) is 5.10 Å². The molecule has 4 nitrogen and oxygen atoms in total. The number of rotatable bonds is 3. The van der Waals surface area contributed by atoms with E-state index in [1.54, 1.807) is 24.3 Å². The molecule has 0 radical (unpaired) electrons. The molecule has 0 fully saturated rings. The first-order chi connectivity index (χ1) is 8.50. The fraction of sp³-hybridized carbons (Fsp3) is 0.231. The van der Waals surface area contributed by atoms with E-state index in [1.165, 1.54) is 0 Å². The molecule has 0 amide bonds. The number of nitrogens with one attached hydrogen (secondary N) is 1. The highest BCUT2D eigenvalue weighted by Gasteiger charge is 2.22. The zero-order valence-corrected chi connectivity index (χ0v) is 10.8. The Balaban J connectivity index is 2.58. The lowest BCUT2D eigenvalue weighted by molar-refractivity contribution is 0.0696. The zero-order chi connectivity index (χ0) is 13.3. The van der Waals surface area contributed by atoms with Crippen LogP contribution >= 0.6 is 11.6 Å². The van der Waals surface area contributed by atoms with Gasteiger partial charge < -0.3 is 5.11 Å². The lowest BCUT2D eigenvalue weighted by Crippen LogP contribution is -2.03. The third kappa shape index (κ3) is 2.24. The summed E-state index contributed by atoms with van der Waals surface area (Å²) in [5.41, 5.74) is 2.04. The van der Waals surface area contributed by atoms with Gasteiger partial charge in [-0.1, -0.05) is 37.6 Å². The summed E-state index contributed by atoms with van der Waals surface area (Å²) in [6, 6.07) is 6.95. The van der Waals surface area contributed by atoms with Crippen LogP contribution in [0.2, 0.25) is 5.02 Å². The lowest BCUT2D eigenvalue weighted by atomic mass is 10.0. The molecule has 0 saturated heterocycles. The molecule has 18 heavy (non-hydrogen) atoms. The average Bonchev–Trinajstić information content (AvgIpc) is 2.74. The van der Waals surface area contributed by atoms with Crippen LogP contribution in [0.25, 0.3) is 11.3 Å². The zero-order valence-electron chi connectivity index (χ0n) is 10.1. The highest BCUT2D eigenvalue weighted by Crippen LogP contribution is 2.28. The van der Waals surface area contributed by atoms with E-state index in [0.29, 0.717) is 16.4 Å². The monoisotopic (exact) mass is 264 g/mol. The minimum absolute atomic E-state index is 0.0738. The number of aromatic nitrogens is 2. The first kappa shape index (κ1) is 12.6. The van der Waals surface area contributed by atoms with E-state index < -0.39 is 5.97 Å². The molecule has 0 saturated carbocycles. The Bertz CT molecular complexity index is 573. The van der Waals surface area contributed by atoms with Gasteiger partial charge in [-0.3, -0.25) is 5.10 Å². The van der Waals surface area contributed by atoms with Gasteiger partial charge in [0, 0.05) is 10.6 Å². The molecular formula is C13H13ClN2O2. The summed E-state index contributed by atoms with van der Waals surface area (Å²) < 4.78 is 0. The van der Waals surface area contributed by atoms with Crippen molar-refractivity contribution in [3.05, 3.63) is 40.5 Å². The van der Waals surface area contributed by atoms with Gasteiger partial charge in [0.1, 0.15) is 11.3 Å². The predicted molar refractivity (Wildman–Crippen MR) is 70.1 cm³/mol. The van der Waals surface area contributed by atoms with Gasteiger partial charge in [-0.15, -0.1) is 0 Å². The number of nitrogens with zero attached hydrogens (tertiary/aromatic N) is 1. The summed E-state index contributed by atoms with van der Waals surface area (Å²) in [5.74, 6) is -0.901. The first-order valence-electron chi connectivity index (χ1n) is 5.58. The molecule has 0 aliphatic rings. The van der Waals surface area contributed by atoms with Crippen molar-refractivity contribution in [1.82, 2.24) is 10.2 Å². The molecule has 1 heterocycles. The standard InChI is InChI=1S/C13H13ClN2O2/c1-7(2)11-10(13(17)18)12(16-15-11)8-3-5-9(14)6-4-8/h3-7H,1-2H3,(H,15,16)(H,17,18). The number of hydrogen-bond donors (Lipinski definition) is 2. The van der Waals surface area contributed by atoms with Crippen molar-refractivity contribution in [3.63, 3.8) is 0 Å². The second-order valence-corrected chi connectivity index (χ2v) is 4.76. The number of aromatic amines is 1. The van der Waals surface area contributed by atoms with Crippen molar-refractivity contribution in [1.29, 1.82) is 0 Å². The SMILES string of the molecule is CC(C)c1[nH]nc(-c2ccc(Cl)cc2)c1C(=O)O. The Hall–Kier alpha value is -1.81. The van der Waals surface area contributed by atoms with Crippen molar-refractivity contribution in [2.45, 2.75) is 19.8 Å². The molecule has 0 unspecified atom stereocenters. The highest BCUT2D eigenvalue weighted by atomic mass is 35.5. The number of carboxylic acid groups (broad SMARTS) is 1. The number of aromatic carboxylic acids is 1. The molecule has 5 heteroatoms. The van der Waals surface area contributed by atoms with E-state index in [4.69, 9.17) is 11.6 Å². The molecule has 0 spiro atoms. The van der Waals surface area contributed by atoms with Gasteiger partial charge in [-0.25, -0.2) is 4.79 Å². The molecule has 1 aromatic heterocycles. The molecule has 2 rings (SSSR count). The summed E-state index contributed by atoms with van der Waals surface area (Å²) in [4.78, 5) is 11.4. The summed E-state index contributed by atoms with van der Waals surface area (Å²) in [6.07, 6.45) is 0. The van der Waals surface area contributed by atoms with Crippen molar-refractivity contribution in [2.75, 3.05) is 0 Å². The fourth-order valence-corrected chi connectivity index (χ4v) is 1.93. The summed E-state index contributed by atoms with van der Waals surface area (Å²) in [7, 11) is 0. The van der Waals surface area contributed by atoms with Crippen molar-refractivity contribution in [2.24, 2.45) is 0 Å². The van der Waals surface area contributed by atoms with Crippen LogP contribution < -0.4 is 0 Å². The maximum Gasteiger partial charge on any atom is 0.339 e. The molecule has 0 aliphatic carbocycles. The molecular weight excluding hydrogens is 252 g/mol. The van der Waals surface area contributed by atoms with E-state index >= 15 is 0 Å². The van der Waals surface area contributed by atoms with Crippen LogP contribution in [0.3, 0.4) is 0 Å². The summed E-state index contributed by atoms with van der Waals surface area (Å²) in [6.45, 7) is 3.84. The van der Waals surface area contributed by atoms with Gasteiger partial charge in [0.05, 0.1) is 5.69 Å². The van der Waals surface area contributed by atoms with Gasteiger partial charge >= 0.3 is 5.97 Å². The molecule has 2 N–H and O–H groups in total. The Kier molecular flexibility index (Phi) is 3.39. The maximum absolute atomic E-state index is 11.4. The van der Waals surface area contributed by atoms with Crippen molar-refractivity contribution >= 4 is 17.6 Å². The normalized spacial score (nSPS) is 10.9. The Morgan fingerprint density at radius 1 is 1.33 bits per heavy atom. The van der Waals surface area contributed by atoms with E-state index in [-0.39, 0.29) is 11.5 Å². The molecule has 0 aliphatic heterocycles. The fourth-order valence-electron chi connectivity index (χ4n) is 1.81. The quantitative estimate of drug-likeness (QED) is 0.891. The molecule has 2 aromatic rings. The summed E-state index contributed by atoms with van der Waals surface area (Å²) >= 11 is 5.81. The maximum atomic E-state index is 11.4. The van der Waals surface area contributed by atoms with E-state index in [9.17, 15) is 9.90 Å². The highest BCUT2D eigenvalue weighted by molar-refractivity contribution is 6.30. The predicted octanol–water partition coefficient (Wildman–Crippen LogP) is 3.55. The molecule has 94 valence electrons. The molecule has 0 atom stereocenters. The second kappa shape index (κ2) is 4.82. The number of hydrogen-bond acceptors (Lipinski definition) is 2. The van der Waals surface area contributed by atoms with Gasteiger partial charge in [0.15, 0.2) is 0 Å². The smallest absolute Gasteiger partial charge is 0.339 e. The summed E-state index contributed by atoms with van der Waals surface area (Å²) in [5, 5.41) is 16.8.